The number of hydrogen-bond donors (Lipinski definition) is 0. The van der Waals surface area contributed by atoms with Crippen molar-refractivity contribution in [3.05, 3.63) is 58.3 Å². The van der Waals surface area contributed by atoms with E-state index in [1.165, 1.54) is 11.1 Å². The number of thiophene rings is 1. The van der Waals surface area contributed by atoms with Gasteiger partial charge in [0.25, 0.3) is 0 Å². The summed E-state index contributed by atoms with van der Waals surface area (Å²) in [5.74, 6) is 0.661. The Kier molecular flexibility index (Phi) is 5.62. The Hall–Kier alpha value is -1.69. The molecule has 144 valence electrons. The first kappa shape index (κ1) is 18.7. The second-order valence-electron chi connectivity index (χ2n) is 7.94. The molecule has 0 unspecified atom stereocenters. The standard InChI is InChI=1S/C22H28N2O2S/c1-26-15-21(25)24-10-8-22(9-11-24)17-23(13-18-7-12-27-16-18)14-20(22)19-5-3-2-4-6-19/h2-7,12,16,20H,8-11,13-15,17H2,1H3/t20-/m0/s1. The number of piperidine rings is 1. The molecule has 1 atom stereocenters. The Bertz CT molecular complexity index is 739. The lowest BCUT2D eigenvalue weighted by Crippen LogP contribution is -2.47. The quantitative estimate of drug-likeness (QED) is 0.790. The number of nitrogens with zero attached hydrogens (tertiary/aromatic N) is 2. The van der Waals surface area contributed by atoms with Gasteiger partial charge in [0.05, 0.1) is 0 Å². The van der Waals surface area contributed by atoms with Gasteiger partial charge in [-0.15, -0.1) is 0 Å². The summed E-state index contributed by atoms with van der Waals surface area (Å²) in [7, 11) is 1.59. The van der Waals surface area contributed by atoms with Gasteiger partial charge in [0.15, 0.2) is 0 Å². The van der Waals surface area contributed by atoms with Crippen molar-refractivity contribution in [3.63, 3.8) is 0 Å². The Balaban J connectivity index is 1.52. The van der Waals surface area contributed by atoms with Crippen LogP contribution in [0.15, 0.2) is 47.2 Å². The highest BCUT2D eigenvalue weighted by atomic mass is 32.1. The monoisotopic (exact) mass is 384 g/mol. The first-order chi connectivity index (χ1) is 13.2. The predicted molar refractivity (Wildman–Crippen MR) is 109 cm³/mol. The van der Waals surface area contributed by atoms with Crippen LogP contribution >= 0.6 is 11.3 Å². The third-order valence-corrected chi connectivity index (χ3v) is 7.02. The summed E-state index contributed by atoms with van der Waals surface area (Å²) < 4.78 is 5.04. The molecule has 1 spiro atoms. The van der Waals surface area contributed by atoms with E-state index in [-0.39, 0.29) is 17.9 Å². The van der Waals surface area contributed by atoms with Gasteiger partial charge < -0.3 is 9.64 Å². The number of carbonyl (C=O) groups is 1. The molecule has 5 heteroatoms. The molecule has 4 rings (SSSR count). The molecule has 2 aliphatic rings. The van der Waals surface area contributed by atoms with Gasteiger partial charge in [-0.2, -0.15) is 11.3 Å². The molecule has 0 N–H and O–H groups in total. The molecular weight excluding hydrogens is 356 g/mol. The van der Waals surface area contributed by atoms with E-state index in [4.69, 9.17) is 4.74 Å². The normalized spacial score (nSPS) is 22.4. The van der Waals surface area contributed by atoms with Gasteiger partial charge in [-0.25, -0.2) is 0 Å². The van der Waals surface area contributed by atoms with Crippen LogP contribution in [0.2, 0.25) is 0 Å². The molecule has 27 heavy (non-hydrogen) atoms. The fourth-order valence-electron chi connectivity index (χ4n) is 4.90. The van der Waals surface area contributed by atoms with E-state index in [1.54, 1.807) is 18.4 Å². The summed E-state index contributed by atoms with van der Waals surface area (Å²) in [6, 6.07) is 13.2. The highest BCUT2D eigenvalue weighted by Gasteiger charge is 2.48. The average molecular weight is 385 g/mol. The van der Waals surface area contributed by atoms with E-state index < -0.39 is 0 Å². The van der Waals surface area contributed by atoms with Crippen LogP contribution < -0.4 is 0 Å². The van der Waals surface area contributed by atoms with Crippen molar-refractivity contribution in [1.29, 1.82) is 0 Å². The molecule has 0 saturated carbocycles. The number of hydrogen-bond acceptors (Lipinski definition) is 4. The molecular formula is C22H28N2O2S. The zero-order valence-electron chi connectivity index (χ0n) is 16.0. The number of likely N-dealkylation sites (tertiary alicyclic amines) is 2. The minimum Gasteiger partial charge on any atom is -0.375 e. The van der Waals surface area contributed by atoms with Crippen molar-refractivity contribution in [2.45, 2.75) is 25.3 Å². The number of ether oxygens (including phenoxy) is 1. The smallest absolute Gasteiger partial charge is 0.248 e. The Labute approximate surface area is 165 Å². The minimum atomic E-state index is 0.122. The third-order valence-electron chi connectivity index (χ3n) is 6.29. The van der Waals surface area contributed by atoms with Crippen molar-refractivity contribution in [2.24, 2.45) is 5.41 Å². The maximum atomic E-state index is 12.2. The number of methoxy groups -OCH3 is 1. The van der Waals surface area contributed by atoms with E-state index in [2.05, 4.69) is 52.1 Å². The molecule has 4 nitrogen and oxygen atoms in total. The van der Waals surface area contributed by atoms with Gasteiger partial charge in [-0.3, -0.25) is 9.69 Å². The maximum Gasteiger partial charge on any atom is 0.248 e. The van der Waals surface area contributed by atoms with E-state index in [9.17, 15) is 4.79 Å². The average Bonchev–Trinajstić information content (AvgIpc) is 3.32. The minimum absolute atomic E-state index is 0.122. The molecule has 0 radical (unpaired) electrons. The van der Waals surface area contributed by atoms with Crippen molar-refractivity contribution in [1.82, 2.24) is 9.80 Å². The van der Waals surface area contributed by atoms with Crippen LogP contribution in [0.5, 0.6) is 0 Å². The molecule has 1 amide bonds. The fourth-order valence-corrected chi connectivity index (χ4v) is 5.56. The second-order valence-corrected chi connectivity index (χ2v) is 8.72. The summed E-state index contributed by atoms with van der Waals surface area (Å²) in [5, 5.41) is 4.42. The zero-order chi connectivity index (χ0) is 18.7. The Morgan fingerprint density at radius 2 is 2.00 bits per heavy atom. The highest BCUT2D eigenvalue weighted by Crippen LogP contribution is 2.50. The van der Waals surface area contributed by atoms with Gasteiger partial charge in [-0.1, -0.05) is 30.3 Å². The van der Waals surface area contributed by atoms with Crippen LogP contribution in [0.3, 0.4) is 0 Å². The summed E-state index contributed by atoms with van der Waals surface area (Å²) in [6.07, 6.45) is 2.14. The van der Waals surface area contributed by atoms with Crippen LogP contribution in [0.25, 0.3) is 0 Å². The number of benzene rings is 1. The zero-order valence-corrected chi connectivity index (χ0v) is 16.8. The van der Waals surface area contributed by atoms with Crippen LogP contribution in [-0.4, -0.2) is 55.6 Å². The first-order valence-electron chi connectivity index (χ1n) is 9.75. The highest BCUT2D eigenvalue weighted by molar-refractivity contribution is 7.07. The van der Waals surface area contributed by atoms with Gasteiger partial charge in [-0.05, 0) is 46.2 Å². The van der Waals surface area contributed by atoms with E-state index in [0.717, 1.165) is 45.6 Å². The maximum absolute atomic E-state index is 12.2. The summed E-state index contributed by atoms with van der Waals surface area (Å²) in [6.45, 7) is 5.14. The molecule has 3 heterocycles. The van der Waals surface area contributed by atoms with Crippen LogP contribution in [-0.2, 0) is 16.1 Å². The molecule has 0 bridgehead atoms. The van der Waals surface area contributed by atoms with Crippen molar-refractivity contribution >= 4 is 17.2 Å². The van der Waals surface area contributed by atoms with Crippen molar-refractivity contribution in [3.8, 4) is 0 Å². The van der Waals surface area contributed by atoms with Gasteiger partial charge >= 0.3 is 0 Å². The molecule has 2 aliphatic heterocycles. The van der Waals surface area contributed by atoms with Crippen LogP contribution in [0.1, 0.15) is 29.9 Å². The SMILES string of the molecule is COCC(=O)N1CCC2(CC1)CN(Cc1ccsc1)C[C@H]2c1ccccc1. The first-order valence-corrected chi connectivity index (χ1v) is 10.7. The number of rotatable bonds is 5. The van der Waals surface area contributed by atoms with Crippen LogP contribution in [0.4, 0.5) is 0 Å². The van der Waals surface area contributed by atoms with E-state index >= 15 is 0 Å². The number of carbonyl (C=O) groups excluding carboxylic acids is 1. The largest absolute Gasteiger partial charge is 0.375 e. The molecule has 1 aromatic heterocycles. The van der Waals surface area contributed by atoms with Gasteiger partial charge in [0.1, 0.15) is 6.61 Å². The molecule has 2 saturated heterocycles. The fraction of sp³-hybridized carbons (Fsp3) is 0.500. The molecule has 2 fully saturated rings. The van der Waals surface area contributed by atoms with Crippen molar-refractivity contribution in [2.75, 3.05) is 39.9 Å². The van der Waals surface area contributed by atoms with E-state index in [1.807, 2.05) is 4.90 Å². The van der Waals surface area contributed by atoms with Gasteiger partial charge in [0.2, 0.25) is 5.91 Å². The lowest BCUT2D eigenvalue weighted by atomic mass is 9.68. The lowest BCUT2D eigenvalue weighted by molar-refractivity contribution is -0.137. The van der Waals surface area contributed by atoms with E-state index in [0.29, 0.717) is 5.92 Å². The summed E-state index contributed by atoms with van der Waals surface area (Å²) in [5.41, 5.74) is 3.12. The molecule has 0 aliphatic carbocycles. The van der Waals surface area contributed by atoms with Gasteiger partial charge in [0, 0.05) is 45.8 Å². The number of amides is 1. The Morgan fingerprint density at radius 3 is 2.67 bits per heavy atom. The topological polar surface area (TPSA) is 32.8 Å². The molecule has 2 aromatic rings. The predicted octanol–water partition coefficient (Wildman–Crippen LogP) is 3.60. The lowest BCUT2D eigenvalue weighted by Gasteiger charge is -2.43. The summed E-state index contributed by atoms with van der Waals surface area (Å²) in [4.78, 5) is 16.8. The Morgan fingerprint density at radius 1 is 1.22 bits per heavy atom. The second kappa shape index (κ2) is 8.13. The molecule has 1 aromatic carbocycles. The van der Waals surface area contributed by atoms with Crippen LogP contribution in [0, 0.1) is 5.41 Å². The summed E-state index contributed by atoms with van der Waals surface area (Å²) >= 11 is 1.77. The third kappa shape index (κ3) is 3.96. The van der Waals surface area contributed by atoms with Crippen molar-refractivity contribution < 1.29 is 9.53 Å².